The van der Waals surface area contributed by atoms with Crippen LogP contribution >= 0.6 is 0 Å². The van der Waals surface area contributed by atoms with Crippen molar-refractivity contribution in [2.75, 3.05) is 0 Å². The summed E-state index contributed by atoms with van der Waals surface area (Å²) in [5.74, 6) is -1.68. The normalized spacial score (nSPS) is 10.7. The molecule has 64 valence electrons. The Morgan fingerprint density at radius 3 is 2.58 bits per heavy atom. The zero-order valence-corrected chi connectivity index (χ0v) is 6.44. The van der Waals surface area contributed by atoms with Gasteiger partial charge >= 0.3 is 11.9 Å². The maximum absolute atomic E-state index is 10.7. The lowest BCUT2D eigenvalue weighted by atomic mass is 10.4. The summed E-state index contributed by atoms with van der Waals surface area (Å²) in [5.41, 5.74) is 0. The lowest BCUT2D eigenvalue weighted by molar-refractivity contribution is -0.158. The van der Waals surface area contributed by atoms with E-state index in [0.29, 0.717) is 0 Å². The van der Waals surface area contributed by atoms with E-state index in [4.69, 9.17) is 5.26 Å². The minimum absolute atomic E-state index is 0.720. The average Bonchev–Trinajstić information content (AvgIpc) is 2.00. The van der Waals surface area contributed by atoms with E-state index < -0.39 is 18.0 Å². The fourth-order valence-electron chi connectivity index (χ4n) is 0.437. The SMILES string of the molecule is C=COC(=O)C(C#N)OC(C)=O. The summed E-state index contributed by atoms with van der Waals surface area (Å²) in [6.07, 6.45) is -0.656. The van der Waals surface area contributed by atoms with Crippen LogP contribution in [-0.2, 0) is 19.1 Å². The fourth-order valence-corrected chi connectivity index (χ4v) is 0.437. The predicted octanol–water partition coefficient (Wildman–Crippen LogP) is 0.128. The van der Waals surface area contributed by atoms with Crippen molar-refractivity contribution in [2.24, 2.45) is 0 Å². The van der Waals surface area contributed by atoms with E-state index in [-0.39, 0.29) is 0 Å². The molecule has 0 aromatic rings. The van der Waals surface area contributed by atoms with Crippen LogP contribution in [-0.4, -0.2) is 18.0 Å². The molecular formula is C7H7NO4. The first-order valence-corrected chi connectivity index (χ1v) is 3.00. The zero-order chi connectivity index (χ0) is 9.56. The Bertz CT molecular complexity index is 240. The van der Waals surface area contributed by atoms with Gasteiger partial charge in [0.15, 0.2) is 0 Å². The molecule has 0 fully saturated rings. The molecule has 0 spiro atoms. The van der Waals surface area contributed by atoms with Gasteiger partial charge in [-0.1, -0.05) is 6.58 Å². The molecule has 12 heavy (non-hydrogen) atoms. The molecule has 1 unspecified atom stereocenters. The second kappa shape index (κ2) is 4.91. The first-order valence-electron chi connectivity index (χ1n) is 3.00. The van der Waals surface area contributed by atoms with E-state index >= 15 is 0 Å². The molecule has 0 aliphatic carbocycles. The van der Waals surface area contributed by atoms with Crippen LogP contribution in [0.15, 0.2) is 12.8 Å². The molecule has 5 heteroatoms. The van der Waals surface area contributed by atoms with Crippen molar-refractivity contribution >= 4 is 11.9 Å². The highest BCUT2D eigenvalue weighted by atomic mass is 16.6. The van der Waals surface area contributed by atoms with Crippen LogP contribution in [0.5, 0.6) is 0 Å². The molecule has 0 aliphatic rings. The first kappa shape index (κ1) is 10.2. The zero-order valence-electron chi connectivity index (χ0n) is 6.44. The number of nitrogens with zero attached hydrogens (tertiary/aromatic N) is 1. The van der Waals surface area contributed by atoms with Gasteiger partial charge in [0.2, 0.25) is 0 Å². The Balaban J connectivity index is 4.17. The number of rotatable bonds is 3. The fraction of sp³-hybridized carbons (Fsp3) is 0.286. The van der Waals surface area contributed by atoms with Crippen molar-refractivity contribution in [1.29, 1.82) is 5.26 Å². The van der Waals surface area contributed by atoms with Crippen LogP contribution < -0.4 is 0 Å². The van der Waals surface area contributed by atoms with Crippen LogP contribution in [0, 0.1) is 11.3 Å². The van der Waals surface area contributed by atoms with Crippen LogP contribution in [0.4, 0.5) is 0 Å². The highest BCUT2D eigenvalue weighted by molar-refractivity contribution is 5.81. The molecule has 0 amide bonds. The number of ether oxygens (including phenoxy) is 2. The molecule has 0 N–H and O–H groups in total. The van der Waals surface area contributed by atoms with Gasteiger partial charge in [-0.15, -0.1) is 0 Å². The summed E-state index contributed by atoms with van der Waals surface area (Å²) >= 11 is 0. The molecule has 0 radical (unpaired) electrons. The van der Waals surface area contributed by atoms with E-state index in [0.717, 1.165) is 13.2 Å². The highest BCUT2D eigenvalue weighted by Crippen LogP contribution is 1.95. The Hall–Kier alpha value is -1.83. The van der Waals surface area contributed by atoms with Gasteiger partial charge in [-0.05, 0) is 0 Å². The lowest BCUT2D eigenvalue weighted by Gasteiger charge is -2.05. The Kier molecular flexibility index (Phi) is 4.16. The van der Waals surface area contributed by atoms with Crippen molar-refractivity contribution < 1.29 is 19.1 Å². The van der Waals surface area contributed by atoms with Gasteiger partial charge in [0.05, 0.1) is 6.26 Å². The van der Waals surface area contributed by atoms with Crippen molar-refractivity contribution in [1.82, 2.24) is 0 Å². The average molecular weight is 169 g/mol. The number of carbonyl (C=O) groups is 2. The third kappa shape index (κ3) is 3.37. The van der Waals surface area contributed by atoms with E-state index in [1.807, 2.05) is 0 Å². The molecule has 0 heterocycles. The van der Waals surface area contributed by atoms with E-state index in [2.05, 4.69) is 16.1 Å². The van der Waals surface area contributed by atoms with Gasteiger partial charge in [0.1, 0.15) is 6.07 Å². The smallest absolute Gasteiger partial charge is 0.367 e. The van der Waals surface area contributed by atoms with Crippen LogP contribution in [0.1, 0.15) is 6.92 Å². The van der Waals surface area contributed by atoms with Gasteiger partial charge in [0.25, 0.3) is 6.10 Å². The summed E-state index contributed by atoms with van der Waals surface area (Å²) in [6.45, 7) is 4.19. The third-order valence-corrected chi connectivity index (χ3v) is 0.815. The molecule has 0 aliphatic heterocycles. The molecular weight excluding hydrogens is 162 g/mol. The van der Waals surface area contributed by atoms with Crippen LogP contribution in [0.2, 0.25) is 0 Å². The van der Waals surface area contributed by atoms with Crippen molar-refractivity contribution in [3.8, 4) is 6.07 Å². The van der Waals surface area contributed by atoms with Gasteiger partial charge in [0, 0.05) is 6.92 Å². The number of hydrogen-bond acceptors (Lipinski definition) is 5. The lowest BCUT2D eigenvalue weighted by Crippen LogP contribution is -2.25. The second-order valence-corrected chi connectivity index (χ2v) is 1.72. The van der Waals surface area contributed by atoms with Gasteiger partial charge in [-0.3, -0.25) is 4.79 Å². The first-order chi connectivity index (χ1) is 5.61. The monoisotopic (exact) mass is 169 g/mol. The van der Waals surface area contributed by atoms with Gasteiger partial charge < -0.3 is 9.47 Å². The summed E-state index contributed by atoms with van der Waals surface area (Å²) in [7, 11) is 0. The molecule has 0 rings (SSSR count). The molecule has 0 aromatic heterocycles. The number of nitriles is 1. The van der Waals surface area contributed by atoms with Crippen LogP contribution in [0.25, 0.3) is 0 Å². The predicted molar refractivity (Wildman–Crippen MR) is 37.5 cm³/mol. The van der Waals surface area contributed by atoms with Gasteiger partial charge in [-0.2, -0.15) is 5.26 Å². The Morgan fingerprint density at radius 1 is 1.67 bits per heavy atom. The maximum atomic E-state index is 10.7. The van der Waals surface area contributed by atoms with Gasteiger partial charge in [-0.25, -0.2) is 4.79 Å². The Labute approximate surface area is 69.2 Å². The summed E-state index contributed by atoms with van der Waals surface area (Å²) in [5, 5.41) is 8.31. The summed E-state index contributed by atoms with van der Waals surface area (Å²) < 4.78 is 8.51. The van der Waals surface area contributed by atoms with Crippen LogP contribution in [0.3, 0.4) is 0 Å². The third-order valence-electron chi connectivity index (χ3n) is 0.815. The summed E-state index contributed by atoms with van der Waals surface area (Å²) in [4.78, 5) is 21.0. The quantitative estimate of drug-likeness (QED) is 0.443. The standard InChI is InChI=1S/C7H7NO4/c1-3-11-7(10)6(4-8)12-5(2)9/h3,6H,1H2,2H3. The number of esters is 2. The molecule has 0 saturated carbocycles. The maximum Gasteiger partial charge on any atom is 0.367 e. The molecule has 0 saturated heterocycles. The van der Waals surface area contributed by atoms with E-state index in [1.54, 1.807) is 0 Å². The summed E-state index contributed by atoms with van der Waals surface area (Å²) in [6, 6.07) is 1.45. The van der Waals surface area contributed by atoms with Crippen molar-refractivity contribution in [3.63, 3.8) is 0 Å². The van der Waals surface area contributed by atoms with Crippen molar-refractivity contribution in [2.45, 2.75) is 13.0 Å². The van der Waals surface area contributed by atoms with Crippen molar-refractivity contribution in [3.05, 3.63) is 12.8 Å². The van der Waals surface area contributed by atoms with E-state index in [9.17, 15) is 9.59 Å². The minimum Gasteiger partial charge on any atom is -0.435 e. The van der Waals surface area contributed by atoms with E-state index in [1.165, 1.54) is 6.07 Å². The molecule has 0 aromatic carbocycles. The minimum atomic E-state index is -1.51. The molecule has 1 atom stereocenters. The highest BCUT2D eigenvalue weighted by Gasteiger charge is 2.21. The number of hydrogen-bond donors (Lipinski definition) is 0. The topological polar surface area (TPSA) is 76.4 Å². The largest absolute Gasteiger partial charge is 0.435 e. The number of carbonyl (C=O) groups excluding carboxylic acids is 2. The molecule has 5 nitrogen and oxygen atoms in total. The second-order valence-electron chi connectivity index (χ2n) is 1.72. The Morgan fingerprint density at radius 2 is 2.25 bits per heavy atom. The molecule has 0 bridgehead atoms.